The van der Waals surface area contributed by atoms with Gasteiger partial charge in [-0.3, -0.25) is 9.78 Å². The van der Waals surface area contributed by atoms with Crippen molar-refractivity contribution in [2.75, 3.05) is 19.6 Å². The van der Waals surface area contributed by atoms with E-state index in [4.69, 9.17) is 0 Å². The van der Waals surface area contributed by atoms with Gasteiger partial charge in [-0.1, -0.05) is 30.3 Å². The Morgan fingerprint density at radius 1 is 1.11 bits per heavy atom. The van der Waals surface area contributed by atoms with Crippen LogP contribution >= 0.6 is 0 Å². The van der Waals surface area contributed by atoms with Gasteiger partial charge in [0.05, 0.1) is 11.7 Å². The predicted molar refractivity (Wildman–Crippen MR) is 109 cm³/mol. The van der Waals surface area contributed by atoms with Crippen LogP contribution in [0.4, 0.5) is 0 Å². The quantitative estimate of drug-likeness (QED) is 0.776. The number of rotatable bonds is 7. The fraction of sp³-hybridized carbons (Fsp3) is 0.478. The minimum absolute atomic E-state index is 0.0250. The maximum Gasteiger partial charge on any atom is 0.220 e. The molecule has 148 valence electrons. The Morgan fingerprint density at radius 2 is 1.79 bits per heavy atom. The van der Waals surface area contributed by atoms with E-state index >= 15 is 0 Å². The summed E-state index contributed by atoms with van der Waals surface area (Å²) in [4.78, 5) is 19.4. The van der Waals surface area contributed by atoms with Crippen LogP contribution in [0, 0.1) is 5.92 Å². The molecule has 5 heteroatoms. The topological polar surface area (TPSA) is 65.5 Å². The van der Waals surface area contributed by atoms with E-state index in [2.05, 4.69) is 39.5 Å². The zero-order valence-electron chi connectivity index (χ0n) is 16.3. The molecule has 1 aliphatic heterocycles. The van der Waals surface area contributed by atoms with E-state index < -0.39 is 6.10 Å². The molecule has 1 aliphatic carbocycles. The summed E-state index contributed by atoms with van der Waals surface area (Å²) in [6, 6.07) is 13.6. The highest BCUT2D eigenvalue weighted by molar-refractivity contribution is 5.76. The summed E-state index contributed by atoms with van der Waals surface area (Å²) in [5.74, 6) is 0.369. The van der Waals surface area contributed by atoms with Crippen LogP contribution < -0.4 is 5.32 Å². The average molecular weight is 380 g/mol. The third kappa shape index (κ3) is 4.59. The fourth-order valence-corrected chi connectivity index (χ4v) is 4.55. The molecular formula is C23H29N3O2. The van der Waals surface area contributed by atoms with Gasteiger partial charge in [-0.2, -0.15) is 0 Å². The van der Waals surface area contributed by atoms with Crippen molar-refractivity contribution >= 4 is 5.91 Å². The standard InChI is InChI=1S/C23H29N3O2/c27-22(15-17-13-18-7-1-2-8-19(18)14-17)25-21(16-26-11-5-6-12-26)23(28)20-9-3-4-10-24-20/h1-4,7-10,17,21,23,28H,5-6,11-16H2,(H,25,27)/t21-,23?/m1/s1. The maximum atomic E-state index is 12.8. The minimum atomic E-state index is -0.800. The average Bonchev–Trinajstić information content (AvgIpc) is 3.36. The molecule has 1 amide bonds. The number of carbonyl (C=O) groups excluding carboxylic acids is 1. The molecule has 4 rings (SSSR count). The van der Waals surface area contributed by atoms with Gasteiger partial charge in [0.2, 0.25) is 5.91 Å². The summed E-state index contributed by atoms with van der Waals surface area (Å²) in [7, 11) is 0. The number of aliphatic hydroxyl groups excluding tert-OH is 1. The molecule has 0 saturated carbocycles. The first-order valence-corrected chi connectivity index (χ1v) is 10.4. The summed E-state index contributed by atoms with van der Waals surface area (Å²) in [6.45, 7) is 2.72. The second-order valence-electron chi connectivity index (χ2n) is 8.13. The van der Waals surface area contributed by atoms with Crippen molar-refractivity contribution in [1.82, 2.24) is 15.2 Å². The number of aliphatic hydroxyl groups is 1. The zero-order valence-corrected chi connectivity index (χ0v) is 16.3. The van der Waals surface area contributed by atoms with Crippen molar-refractivity contribution in [3.63, 3.8) is 0 Å². The van der Waals surface area contributed by atoms with E-state index in [-0.39, 0.29) is 11.9 Å². The molecule has 1 saturated heterocycles. The lowest BCUT2D eigenvalue weighted by atomic mass is 10.0. The number of hydrogen-bond donors (Lipinski definition) is 2. The van der Waals surface area contributed by atoms with Crippen LogP contribution in [0.25, 0.3) is 0 Å². The molecule has 1 aromatic carbocycles. The second kappa shape index (κ2) is 8.84. The molecule has 1 aromatic heterocycles. The van der Waals surface area contributed by atoms with E-state index in [9.17, 15) is 9.90 Å². The Kier molecular flexibility index (Phi) is 6.03. The SMILES string of the molecule is O=C(CC1Cc2ccccc2C1)N[C@H](CN1CCCC1)C(O)c1ccccn1. The summed E-state index contributed by atoms with van der Waals surface area (Å²) >= 11 is 0. The van der Waals surface area contributed by atoms with Crippen LogP contribution in [0.5, 0.6) is 0 Å². The van der Waals surface area contributed by atoms with Crippen molar-refractivity contribution in [3.8, 4) is 0 Å². The Labute approximate surface area is 166 Å². The van der Waals surface area contributed by atoms with Gasteiger partial charge in [0, 0.05) is 19.2 Å². The molecule has 0 bridgehead atoms. The number of pyridine rings is 1. The molecule has 2 atom stereocenters. The molecule has 1 fully saturated rings. The van der Waals surface area contributed by atoms with Gasteiger partial charge in [0.25, 0.3) is 0 Å². The Morgan fingerprint density at radius 3 is 2.43 bits per heavy atom. The van der Waals surface area contributed by atoms with E-state index in [1.54, 1.807) is 6.20 Å². The molecule has 0 radical (unpaired) electrons. The van der Waals surface area contributed by atoms with Gasteiger partial charge in [0.15, 0.2) is 0 Å². The first-order chi connectivity index (χ1) is 13.7. The van der Waals surface area contributed by atoms with Gasteiger partial charge >= 0.3 is 0 Å². The van der Waals surface area contributed by atoms with Crippen LogP contribution in [-0.2, 0) is 17.6 Å². The van der Waals surface area contributed by atoms with Gasteiger partial charge in [0.1, 0.15) is 6.10 Å². The number of aromatic nitrogens is 1. The lowest BCUT2D eigenvalue weighted by Gasteiger charge is -2.28. The molecule has 1 unspecified atom stereocenters. The summed E-state index contributed by atoms with van der Waals surface area (Å²) in [5, 5.41) is 14.0. The highest BCUT2D eigenvalue weighted by Crippen LogP contribution is 2.28. The lowest BCUT2D eigenvalue weighted by molar-refractivity contribution is -0.123. The second-order valence-corrected chi connectivity index (χ2v) is 8.13. The number of carbonyl (C=O) groups is 1. The summed E-state index contributed by atoms with van der Waals surface area (Å²) in [5.41, 5.74) is 3.34. The number of fused-ring (bicyclic) bond motifs is 1. The number of likely N-dealkylation sites (tertiary alicyclic amines) is 1. The highest BCUT2D eigenvalue weighted by Gasteiger charge is 2.29. The van der Waals surface area contributed by atoms with Gasteiger partial charge in [-0.25, -0.2) is 0 Å². The molecule has 5 nitrogen and oxygen atoms in total. The third-order valence-electron chi connectivity index (χ3n) is 5.98. The Balaban J connectivity index is 1.39. The summed E-state index contributed by atoms with van der Waals surface area (Å²) < 4.78 is 0. The highest BCUT2D eigenvalue weighted by atomic mass is 16.3. The monoisotopic (exact) mass is 379 g/mol. The molecular weight excluding hydrogens is 350 g/mol. The van der Waals surface area contributed by atoms with Crippen molar-refractivity contribution in [3.05, 3.63) is 65.5 Å². The van der Waals surface area contributed by atoms with Crippen molar-refractivity contribution in [2.24, 2.45) is 5.92 Å². The summed E-state index contributed by atoms with van der Waals surface area (Å²) in [6.07, 6.45) is 5.67. The number of hydrogen-bond acceptors (Lipinski definition) is 4. The Hall–Kier alpha value is -2.24. The van der Waals surface area contributed by atoms with Crippen LogP contribution in [0.2, 0.25) is 0 Å². The molecule has 0 spiro atoms. The Bertz CT molecular complexity index is 764. The van der Waals surface area contributed by atoms with Crippen LogP contribution in [0.1, 0.15) is 42.2 Å². The zero-order chi connectivity index (χ0) is 19.3. The predicted octanol–water partition coefficient (Wildman–Crippen LogP) is 2.50. The number of benzene rings is 1. The van der Waals surface area contributed by atoms with Gasteiger partial charge in [-0.15, -0.1) is 0 Å². The molecule has 2 aromatic rings. The van der Waals surface area contributed by atoms with Crippen molar-refractivity contribution in [1.29, 1.82) is 0 Å². The minimum Gasteiger partial charge on any atom is -0.385 e. The number of amides is 1. The molecule has 2 heterocycles. The smallest absolute Gasteiger partial charge is 0.220 e. The molecule has 28 heavy (non-hydrogen) atoms. The lowest BCUT2D eigenvalue weighted by Crippen LogP contribution is -2.47. The largest absolute Gasteiger partial charge is 0.385 e. The van der Waals surface area contributed by atoms with Crippen LogP contribution in [-0.4, -0.2) is 46.6 Å². The van der Waals surface area contributed by atoms with Crippen molar-refractivity contribution < 1.29 is 9.90 Å². The molecule has 2 N–H and O–H groups in total. The third-order valence-corrected chi connectivity index (χ3v) is 5.98. The van der Waals surface area contributed by atoms with E-state index in [1.807, 2.05) is 18.2 Å². The number of nitrogens with one attached hydrogen (secondary N) is 1. The molecule has 2 aliphatic rings. The fourth-order valence-electron chi connectivity index (χ4n) is 4.55. The normalized spacial score (nSPS) is 19.3. The van der Waals surface area contributed by atoms with Gasteiger partial charge < -0.3 is 15.3 Å². The van der Waals surface area contributed by atoms with Crippen LogP contribution in [0.3, 0.4) is 0 Å². The van der Waals surface area contributed by atoms with Crippen molar-refractivity contribution in [2.45, 2.75) is 44.2 Å². The first-order valence-electron chi connectivity index (χ1n) is 10.4. The van der Waals surface area contributed by atoms with E-state index in [0.29, 0.717) is 24.6 Å². The maximum absolute atomic E-state index is 12.8. The van der Waals surface area contributed by atoms with Crippen LogP contribution in [0.15, 0.2) is 48.7 Å². The first kappa shape index (κ1) is 19.1. The van der Waals surface area contributed by atoms with E-state index in [0.717, 1.165) is 25.9 Å². The number of nitrogens with zero attached hydrogens (tertiary/aromatic N) is 2. The van der Waals surface area contributed by atoms with Gasteiger partial charge in [-0.05, 0) is 68.0 Å². The van der Waals surface area contributed by atoms with E-state index in [1.165, 1.54) is 24.0 Å².